The summed E-state index contributed by atoms with van der Waals surface area (Å²) < 4.78 is 21.5. The zero-order valence-corrected chi connectivity index (χ0v) is 11.7. The summed E-state index contributed by atoms with van der Waals surface area (Å²) >= 11 is 0. The number of hydrogen-bond acceptors (Lipinski definition) is 6. The molecule has 0 aromatic heterocycles. The normalized spacial score (nSPS) is 33.8. The Hall–Kier alpha value is -1.34. The third-order valence-electron chi connectivity index (χ3n) is 3.37. The number of rotatable bonds is 4. The third-order valence-corrected chi connectivity index (χ3v) is 3.37. The van der Waals surface area contributed by atoms with Crippen molar-refractivity contribution in [2.75, 3.05) is 14.2 Å². The van der Waals surface area contributed by atoms with Crippen LogP contribution >= 0.6 is 0 Å². The van der Waals surface area contributed by atoms with Crippen molar-refractivity contribution in [2.45, 2.75) is 37.6 Å². The van der Waals surface area contributed by atoms with Crippen molar-refractivity contribution in [3.63, 3.8) is 0 Å². The highest BCUT2D eigenvalue weighted by atomic mass is 16.7. The van der Waals surface area contributed by atoms with Crippen LogP contribution in [0.25, 0.3) is 0 Å². The van der Waals surface area contributed by atoms with Crippen molar-refractivity contribution in [3.05, 3.63) is 24.3 Å². The lowest BCUT2D eigenvalue weighted by Crippen LogP contribution is -2.58. The zero-order valence-electron chi connectivity index (χ0n) is 11.7. The summed E-state index contributed by atoms with van der Waals surface area (Å²) in [7, 11) is 3.02. The van der Waals surface area contributed by atoms with Gasteiger partial charge in [-0.15, -0.1) is 0 Å². The van der Waals surface area contributed by atoms with E-state index in [-0.39, 0.29) is 0 Å². The number of aliphatic hydroxyl groups excluding tert-OH is 2. The van der Waals surface area contributed by atoms with Crippen molar-refractivity contribution in [2.24, 2.45) is 0 Å². The Morgan fingerprint density at radius 2 is 1.60 bits per heavy atom. The first-order chi connectivity index (χ1) is 9.56. The highest BCUT2D eigenvalue weighted by Gasteiger charge is 2.44. The van der Waals surface area contributed by atoms with Gasteiger partial charge in [-0.2, -0.15) is 0 Å². The summed E-state index contributed by atoms with van der Waals surface area (Å²) in [6, 6.07) is 6.98. The summed E-state index contributed by atoms with van der Waals surface area (Å²) in [5.41, 5.74) is 0. The van der Waals surface area contributed by atoms with Gasteiger partial charge in [-0.1, -0.05) is 0 Å². The monoisotopic (exact) mass is 284 g/mol. The molecule has 1 aliphatic heterocycles. The lowest BCUT2D eigenvalue weighted by Gasteiger charge is -2.40. The molecule has 6 heteroatoms. The van der Waals surface area contributed by atoms with E-state index in [1.165, 1.54) is 7.11 Å². The molecule has 0 saturated carbocycles. The first kappa shape index (κ1) is 15.1. The van der Waals surface area contributed by atoms with Crippen LogP contribution in [0.3, 0.4) is 0 Å². The molecule has 0 spiro atoms. The predicted octanol–water partition coefficient (Wildman–Crippen LogP) is 0.556. The molecular formula is C14H20O6. The Morgan fingerprint density at radius 3 is 2.15 bits per heavy atom. The SMILES string of the molecule is COc1ccc(O[C@@H]2O[C@@H](C)[C@H](O)[C@@H](O)[C@H]2OC)cc1. The van der Waals surface area contributed by atoms with E-state index in [0.717, 1.165) is 0 Å². The van der Waals surface area contributed by atoms with Crippen LogP contribution in [0.2, 0.25) is 0 Å². The molecule has 2 N–H and O–H groups in total. The molecule has 1 heterocycles. The van der Waals surface area contributed by atoms with E-state index >= 15 is 0 Å². The van der Waals surface area contributed by atoms with Gasteiger partial charge in [0.1, 0.15) is 29.8 Å². The van der Waals surface area contributed by atoms with Gasteiger partial charge >= 0.3 is 0 Å². The van der Waals surface area contributed by atoms with Gasteiger partial charge in [0.25, 0.3) is 0 Å². The largest absolute Gasteiger partial charge is 0.497 e. The molecule has 0 bridgehead atoms. The molecule has 1 saturated heterocycles. The van der Waals surface area contributed by atoms with Crippen LogP contribution in [0.5, 0.6) is 11.5 Å². The zero-order chi connectivity index (χ0) is 14.7. The van der Waals surface area contributed by atoms with Gasteiger partial charge in [-0.05, 0) is 31.2 Å². The number of aliphatic hydroxyl groups is 2. The van der Waals surface area contributed by atoms with E-state index < -0.39 is 30.7 Å². The Balaban J connectivity index is 2.09. The van der Waals surface area contributed by atoms with Gasteiger partial charge in [0, 0.05) is 7.11 Å². The molecule has 5 atom stereocenters. The van der Waals surface area contributed by atoms with Crippen LogP contribution < -0.4 is 9.47 Å². The van der Waals surface area contributed by atoms with Gasteiger partial charge in [0.2, 0.25) is 6.29 Å². The lowest BCUT2D eigenvalue weighted by atomic mass is 10.00. The third kappa shape index (κ3) is 3.04. The number of benzene rings is 1. The summed E-state index contributed by atoms with van der Waals surface area (Å²) in [5, 5.41) is 19.8. The predicted molar refractivity (Wildman–Crippen MR) is 70.8 cm³/mol. The van der Waals surface area contributed by atoms with Gasteiger partial charge < -0.3 is 29.2 Å². The Morgan fingerprint density at radius 1 is 1.00 bits per heavy atom. The van der Waals surface area contributed by atoms with E-state index in [1.807, 2.05) is 0 Å². The van der Waals surface area contributed by atoms with E-state index in [1.54, 1.807) is 38.3 Å². The van der Waals surface area contributed by atoms with Crippen molar-refractivity contribution >= 4 is 0 Å². The molecule has 6 nitrogen and oxygen atoms in total. The van der Waals surface area contributed by atoms with Crippen molar-refractivity contribution in [1.29, 1.82) is 0 Å². The van der Waals surface area contributed by atoms with E-state index in [0.29, 0.717) is 11.5 Å². The Kier molecular flexibility index (Phi) is 4.82. The topological polar surface area (TPSA) is 77.4 Å². The van der Waals surface area contributed by atoms with Gasteiger partial charge in [-0.25, -0.2) is 0 Å². The summed E-state index contributed by atoms with van der Waals surface area (Å²) in [6.45, 7) is 1.67. The molecule has 0 unspecified atom stereocenters. The molecule has 0 amide bonds. The maximum absolute atomic E-state index is 9.98. The summed E-state index contributed by atoms with van der Waals surface area (Å²) in [6.07, 6.45) is -4.16. The smallest absolute Gasteiger partial charge is 0.229 e. The standard InChI is InChI=1S/C14H20O6/c1-8-11(15)12(16)13(18-3)14(19-8)20-10-6-4-9(17-2)5-7-10/h4-8,11-16H,1-3H3/t8-,11-,12+,13+,14-/m0/s1. The molecule has 0 aliphatic carbocycles. The number of hydrogen-bond donors (Lipinski definition) is 2. The summed E-state index contributed by atoms with van der Waals surface area (Å²) in [5.74, 6) is 1.28. The highest BCUT2D eigenvalue weighted by molar-refractivity contribution is 5.31. The van der Waals surface area contributed by atoms with Crippen molar-refractivity contribution < 1.29 is 29.2 Å². The molecular weight excluding hydrogens is 264 g/mol. The minimum atomic E-state index is -1.06. The van der Waals surface area contributed by atoms with E-state index in [2.05, 4.69) is 0 Å². The fourth-order valence-corrected chi connectivity index (χ4v) is 2.14. The first-order valence-corrected chi connectivity index (χ1v) is 6.42. The average Bonchev–Trinajstić information content (AvgIpc) is 2.46. The van der Waals surface area contributed by atoms with Gasteiger partial charge in [0.15, 0.2) is 0 Å². The Labute approximate surface area is 117 Å². The minimum Gasteiger partial charge on any atom is -0.497 e. The quantitative estimate of drug-likeness (QED) is 0.841. The van der Waals surface area contributed by atoms with Crippen LogP contribution in [0, 0.1) is 0 Å². The van der Waals surface area contributed by atoms with Crippen LogP contribution in [0.15, 0.2) is 24.3 Å². The van der Waals surface area contributed by atoms with Gasteiger partial charge in [-0.3, -0.25) is 0 Å². The van der Waals surface area contributed by atoms with Crippen LogP contribution in [0.4, 0.5) is 0 Å². The molecule has 1 aliphatic rings. The second-order valence-electron chi connectivity index (χ2n) is 4.68. The van der Waals surface area contributed by atoms with Crippen molar-refractivity contribution in [1.82, 2.24) is 0 Å². The molecule has 112 valence electrons. The molecule has 1 aromatic rings. The molecule has 1 fully saturated rings. The average molecular weight is 284 g/mol. The fraction of sp³-hybridized carbons (Fsp3) is 0.571. The second kappa shape index (κ2) is 6.41. The Bertz CT molecular complexity index is 420. The maximum Gasteiger partial charge on any atom is 0.229 e. The van der Waals surface area contributed by atoms with Crippen LogP contribution in [-0.2, 0) is 9.47 Å². The molecule has 2 rings (SSSR count). The van der Waals surface area contributed by atoms with Gasteiger partial charge in [0.05, 0.1) is 13.2 Å². The number of methoxy groups -OCH3 is 2. The van der Waals surface area contributed by atoms with E-state index in [4.69, 9.17) is 18.9 Å². The minimum absolute atomic E-state index is 0.542. The molecule has 1 aromatic carbocycles. The molecule has 0 radical (unpaired) electrons. The summed E-state index contributed by atoms with van der Waals surface area (Å²) in [4.78, 5) is 0. The fourth-order valence-electron chi connectivity index (χ4n) is 2.14. The lowest BCUT2D eigenvalue weighted by molar-refractivity contribution is -0.274. The first-order valence-electron chi connectivity index (χ1n) is 6.42. The second-order valence-corrected chi connectivity index (χ2v) is 4.68. The van der Waals surface area contributed by atoms with E-state index in [9.17, 15) is 10.2 Å². The van der Waals surface area contributed by atoms with Crippen LogP contribution in [-0.4, -0.2) is 55.1 Å². The molecule has 20 heavy (non-hydrogen) atoms. The van der Waals surface area contributed by atoms with Crippen molar-refractivity contribution in [3.8, 4) is 11.5 Å². The highest BCUT2D eigenvalue weighted by Crippen LogP contribution is 2.26. The maximum atomic E-state index is 9.98. The van der Waals surface area contributed by atoms with Crippen LogP contribution in [0.1, 0.15) is 6.92 Å². The number of ether oxygens (including phenoxy) is 4.